The Balaban J connectivity index is 2.01. The van der Waals surface area contributed by atoms with Crippen molar-refractivity contribution in [3.63, 3.8) is 0 Å². The molecular weight excluding hydrogens is 288 g/mol. The average Bonchev–Trinajstić information content (AvgIpc) is 3.09. The Labute approximate surface area is 131 Å². The minimum Gasteiger partial charge on any atom is -0.456 e. The maximum absolute atomic E-state index is 11.9. The number of hydrogen-bond donors (Lipinski definition) is 0. The van der Waals surface area contributed by atoms with Gasteiger partial charge in [0.2, 0.25) is 0 Å². The van der Waals surface area contributed by atoms with Crippen LogP contribution >= 0.6 is 0 Å². The number of furan rings is 2. The van der Waals surface area contributed by atoms with Gasteiger partial charge in [0.1, 0.15) is 22.3 Å². The standard InChI is InChI=1S/C20H12O3/c1-11(21)12-6-4-8-17-20(12)15-10-18-14(9-19(15)23-17)13-5-2-3-7-16(13)22-18/h2-10H,1H3. The van der Waals surface area contributed by atoms with Crippen LogP contribution in [0, 0.1) is 0 Å². The Bertz CT molecular complexity index is 1240. The summed E-state index contributed by atoms with van der Waals surface area (Å²) in [6.45, 7) is 1.58. The minimum absolute atomic E-state index is 0.0306. The van der Waals surface area contributed by atoms with Crippen molar-refractivity contribution in [2.45, 2.75) is 6.92 Å². The molecule has 0 aliphatic carbocycles. The molecule has 0 unspecified atom stereocenters. The minimum atomic E-state index is 0.0306. The summed E-state index contributed by atoms with van der Waals surface area (Å²) in [6.07, 6.45) is 0. The highest BCUT2D eigenvalue weighted by Crippen LogP contribution is 2.37. The van der Waals surface area contributed by atoms with Gasteiger partial charge in [-0.2, -0.15) is 0 Å². The van der Waals surface area contributed by atoms with Crippen molar-refractivity contribution in [1.82, 2.24) is 0 Å². The molecule has 3 heteroatoms. The van der Waals surface area contributed by atoms with Gasteiger partial charge in [0.05, 0.1) is 0 Å². The van der Waals surface area contributed by atoms with Crippen molar-refractivity contribution in [3.05, 3.63) is 60.2 Å². The zero-order valence-electron chi connectivity index (χ0n) is 12.4. The monoisotopic (exact) mass is 300 g/mol. The molecule has 23 heavy (non-hydrogen) atoms. The number of carbonyl (C=O) groups excluding carboxylic acids is 1. The van der Waals surface area contributed by atoms with Crippen LogP contribution in [0.25, 0.3) is 43.9 Å². The summed E-state index contributed by atoms with van der Waals surface area (Å²) >= 11 is 0. The van der Waals surface area contributed by atoms with Gasteiger partial charge >= 0.3 is 0 Å². The lowest BCUT2D eigenvalue weighted by Gasteiger charge is -1.97. The first-order valence-corrected chi connectivity index (χ1v) is 7.50. The predicted molar refractivity (Wildman–Crippen MR) is 91.0 cm³/mol. The number of rotatable bonds is 1. The maximum atomic E-state index is 11.9. The first-order chi connectivity index (χ1) is 11.2. The number of carbonyl (C=O) groups is 1. The molecule has 0 atom stereocenters. The van der Waals surface area contributed by atoms with E-state index in [1.54, 1.807) is 6.92 Å². The summed E-state index contributed by atoms with van der Waals surface area (Å²) in [5.41, 5.74) is 3.83. The van der Waals surface area contributed by atoms with Crippen molar-refractivity contribution in [3.8, 4) is 0 Å². The molecule has 0 N–H and O–H groups in total. The molecule has 0 aliphatic heterocycles. The summed E-state index contributed by atoms with van der Waals surface area (Å²) in [7, 11) is 0. The zero-order valence-corrected chi connectivity index (χ0v) is 12.4. The van der Waals surface area contributed by atoms with Gasteiger partial charge in [0.15, 0.2) is 5.78 Å². The number of benzene rings is 3. The third kappa shape index (κ3) is 1.62. The van der Waals surface area contributed by atoms with Crippen LogP contribution in [0.1, 0.15) is 17.3 Å². The summed E-state index contributed by atoms with van der Waals surface area (Å²) in [5.74, 6) is 0.0306. The molecular formula is C20H12O3. The van der Waals surface area contributed by atoms with E-state index in [2.05, 4.69) is 0 Å². The highest BCUT2D eigenvalue weighted by Gasteiger charge is 2.16. The van der Waals surface area contributed by atoms with Crippen molar-refractivity contribution >= 4 is 49.7 Å². The van der Waals surface area contributed by atoms with Gasteiger partial charge in [0.25, 0.3) is 0 Å². The second kappa shape index (κ2) is 4.23. The van der Waals surface area contributed by atoms with Gasteiger partial charge in [-0.05, 0) is 31.2 Å². The highest BCUT2D eigenvalue weighted by molar-refractivity contribution is 6.20. The van der Waals surface area contributed by atoms with Crippen LogP contribution < -0.4 is 0 Å². The summed E-state index contributed by atoms with van der Waals surface area (Å²) in [5, 5.41) is 3.86. The van der Waals surface area contributed by atoms with Crippen molar-refractivity contribution in [1.29, 1.82) is 0 Å². The third-order valence-corrected chi connectivity index (χ3v) is 4.37. The Kier molecular flexibility index (Phi) is 2.29. The SMILES string of the molecule is CC(=O)c1cccc2oc3cc4c(cc3c12)oc1ccccc14. The number of para-hydroxylation sites is 1. The fraction of sp³-hybridized carbons (Fsp3) is 0.0500. The fourth-order valence-electron chi connectivity index (χ4n) is 3.34. The first kappa shape index (κ1) is 12.5. The lowest BCUT2D eigenvalue weighted by Crippen LogP contribution is -1.91. The Hall–Kier alpha value is -3.07. The van der Waals surface area contributed by atoms with Crippen LogP contribution in [-0.2, 0) is 0 Å². The van der Waals surface area contributed by atoms with E-state index in [-0.39, 0.29) is 5.78 Å². The van der Waals surface area contributed by atoms with E-state index >= 15 is 0 Å². The third-order valence-electron chi connectivity index (χ3n) is 4.37. The molecule has 0 aliphatic rings. The lowest BCUT2D eigenvalue weighted by molar-refractivity contribution is 0.101. The smallest absolute Gasteiger partial charge is 0.160 e. The van der Waals surface area contributed by atoms with Crippen molar-refractivity contribution in [2.75, 3.05) is 0 Å². The molecule has 3 aromatic carbocycles. The van der Waals surface area contributed by atoms with Gasteiger partial charge in [-0.15, -0.1) is 0 Å². The van der Waals surface area contributed by atoms with E-state index in [9.17, 15) is 4.79 Å². The average molecular weight is 300 g/mol. The molecule has 5 aromatic rings. The van der Waals surface area contributed by atoms with E-state index in [0.29, 0.717) is 5.56 Å². The van der Waals surface area contributed by atoms with E-state index in [1.807, 2.05) is 54.6 Å². The molecule has 2 aromatic heterocycles. The lowest BCUT2D eigenvalue weighted by atomic mass is 10.0. The maximum Gasteiger partial charge on any atom is 0.160 e. The Morgan fingerprint density at radius 1 is 0.739 bits per heavy atom. The van der Waals surface area contributed by atoms with Crippen molar-refractivity contribution in [2.24, 2.45) is 0 Å². The topological polar surface area (TPSA) is 43.4 Å². The molecule has 0 spiro atoms. The molecule has 0 saturated heterocycles. The molecule has 5 rings (SSSR count). The van der Waals surface area contributed by atoms with E-state index in [4.69, 9.17) is 8.83 Å². The molecule has 0 saturated carbocycles. The number of hydrogen-bond acceptors (Lipinski definition) is 3. The van der Waals surface area contributed by atoms with Gasteiger partial charge < -0.3 is 8.83 Å². The molecule has 0 bridgehead atoms. The second-order valence-corrected chi connectivity index (χ2v) is 5.78. The largest absolute Gasteiger partial charge is 0.456 e. The molecule has 110 valence electrons. The van der Waals surface area contributed by atoms with Crippen LogP contribution in [0.2, 0.25) is 0 Å². The number of ketones is 1. The molecule has 2 heterocycles. The van der Waals surface area contributed by atoms with Crippen LogP contribution in [0.15, 0.2) is 63.4 Å². The van der Waals surface area contributed by atoms with Gasteiger partial charge in [-0.1, -0.05) is 30.3 Å². The van der Waals surface area contributed by atoms with E-state index in [1.165, 1.54) is 0 Å². The van der Waals surface area contributed by atoms with Crippen LogP contribution in [0.5, 0.6) is 0 Å². The quantitative estimate of drug-likeness (QED) is 0.374. The number of Topliss-reactive ketones (excluding diaryl/α,β-unsaturated/α-hetero) is 1. The Morgan fingerprint density at radius 3 is 2.30 bits per heavy atom. The van der Waals surface area contributed by atoms with Gasteiger partial charge in [-0.3, -0.25) is 4.79 Å². The molecule has 0 amide bonds. The fourth-order valence-corrected chi connectivity index (χ4v) is 3.34. The Morgan fingerprint density at radius 2 is 1.43 bits per heavy atom. The van der Waals surface area contributed by atoms with Crippen LogP contribution in [-0.4, -0.2) is 5.78 Å². The molecule has 3 nitrogen and oxygen atoms in total. The van der Waals surface area contributed by atoms with Crippen molar-refractivity contribution < 1.29 is 13.6 Å². The molecule has 0 fully saturated rings. The number of fused-ring (bicyclic) bond motifs is 6. The highest BCUT2D eigenvalue weighted by atomic mass is 16.3. The summed E-state index contributed by atoms with van der Waals surface area (Å²) in [6, 6.07) is 17.5. The van der Waals surface area contributed by atoms with E-state index in [0.717, 1.165) is 43.9 Å². The second-order valence-electron chi connectivity index (χ2n) is 5.78. The normalized spacial score (nSPS) is 11.9. The zero-order chi connectivity index (χ0) is 15.6. The molecule has 0 radical (unpaired) electrons. The summed E-state index contributed by atoms with van der Waals surface area (Å²) < 4.78 is 11.9. The first-order valence-electron chi connectivity index (χ1n) is 7.50. The summed E-state index contributed by atoms with van der Waals surface area (Å²) in [4.78, 5) is 11.9. The van der Waals surface area contributed by atoms with Crippen LogP contribution in [0.3, 0.4) is 0 Å². The van der Waals surface area contributed by atoms with Crippen LogP contribution in [0.4, 0.5) is 0 Å². The van der Waals surface area contributed by atoms with Gasteiger partial charge in [-0.25, -0.2) is 0 Å². The van der Waals surface area contributed by atoms with Gasteiger partial charge in [0, 0.05) is 27.1 Å². The van der Waals surface area contributed by atoms with E-state index < -0.39 is 0 Å². The predicted octanol–water partition coefficient (Wildman–Crippen LogP) is 5.69.